The van der Waals surface area contributed by atoms with E-state index in [0.717, 1.165) is 6.42 Å². The van der Waals surface area contributed by atoms with Crippen LogP contribution in [0.1, 0.15) is 25.7 Å². The van der Waals surface area contributed by atoms with Gasteiger partial charge in [0.25, 0.3) is 0 Å². The number of hydrogen-bond donors (Lipinski definition) is 0. The molecule has 0 aromatic carbocycles. The van der Waals surface area contributed by atoms with Gasteiger partial charge in [0.05, 0.1) is 6.61 Å². The molecule has 0 radical (unpaired) electrons. The number of hydrogen-bond acceptors (Lipinski definition) is 3. The van der Waals surface area contributed by atoms with Gasteiger partial charge < -0.3 is 14.3 Å². The molecule has 0 aliphatic heterocycles. The van der Waals surface area contributed by atoms with Gasteiger partial charge >= 0.3 is 0 Å². The van der Waals surface area contributed by atoms with Gasteiger partial charge in [-0.3, -0.25) is 0 Å². The molecular formula is C8H14I3O3P-2. The minimum atomic E-state index is -2.69. The normalized spacial score (nSPS) is 15.6. The van der Waals surface area contributed by atoms with Gasteiger partial charge in [-0.25, -0.2) is 0 Å². The van der Waals surface area contributed by atoms with Crippen LogP contribution in [0.4, 0.5) is 0 Å². The largest absolute Gasteiger partial charge is 0.820 e. The number of unbranched alkanes of at least 4 members (excludes halogenated alkanes) is 2. The van der Waals surface area contributed by atoms with Crippen LogP contribution in [0.25, 0.3) is 0 Å². The van der Waals surface area contributed by atoms with Crippen LogP contribution in [0.15, 0.2) is 0 Å². The highest BCUT2D eigenvalue weighted by molar-refractivity contribution is 14.1. The summed E-state index contributed by atoms with van der Waals surface area (Å²) in [6.45, 7) is 0.305. The standard InChI is InChI=1S/C8H14I3O3P/c9-5-3-1-2-4-7(10)8(11)6-14-15(12)13/h7-8H,1-6H2/q-2. The Morgan fingerprint density at radius 1 is 1.07 bits per heavy atom. The van der Waals surface area contributed by atoms with Crippen molar-refractivity contribution < 1.29 is 14.3 Å². The van der Waals surface area contributed by atoms with Crippen molar-refractivity contribution in [3.8, 4) is 0 Å². The predicted octanol–water partition coefficient (Wildman–Crippen LogP) is 2.55. The summed E-state index contributed by atoms with van der Waals surface area (Å²) in [5.41, 5.74) is 0. The quantitative estimate of drug-likeness (QED) is 0.186. The number of alkyl halides is 3. The van der Waals surface area contributed by atoms with Crippen LogP contribution in [-0.4, -0.2) is 18.9 Å². The highest BCUT2D eigenvalue weighted by atomic mass is 127. The lowest BCUT2D eigenvalue weighted by Crippen LogP contribution is -2.22. The van der Waals surface area contributed by atoms with Crippen LogP contribution in [0.5, 0.6) is 0 Å². The Balaban J connectivity index is 3.46. The Kier molecular flexibility index (Phi) is 13.5. The molecule has 2 atom stereocenters. The lowest BCUT2D eigenvalue weighted by atomic mass is 10.1. The van der Waals surface area contributed by atoms with Crippen LogP contribution in [-0.2, 0) is 4.52 Å². The van der Waals surface area contributed by atoms with Gasteiger partial charge in [0.2, 0.25) is 0 Å². The Morgan fingerprint density at radius 2 is 1.73 bits per heavy atom. The summed E-state index contributed by atoms with van der Waals surface area (Å²) in [5, 5.41) is 0. The maximum Gasteiger partial charge on any atom is 0.0604 e. The molecular weight excluding hydrogens is 556 g/mol. The molecule has 0 N–H and O–H groups in total. The zero-order chi connectivity index (χ0) is 11.7. The van der Waals surface area contributed by atoms with E-state index in [4.69, 9.17) is 0 Å². The first-order chi connectivity index (χ1) is 7.07. The lowest BCUT2D eigenvalue weighted by molar-refractivity contribution is -0.318. The van der Waals surface area contributed by atoms with E-state index in [-0.39, 0.29) is 3.92 Å². The molecule has 0 fully saturated rings. The van der Waals surface area contributed by atoms with Crippen LogP contribution >= 0.6 is 76.4 Å². The Labute approximate surface area is 134 Å². The summed E-state index contributed by atoms with van der Waals surface area (Å²) in [4.78, 5) is 20.5. The second-order valence-electron chi connectivity index (χ2n) is 3.09. The highest BCUT2D eigenvalue weighted by Gasteiger charge is 2.14. The minimum absolute atomic E-state index is 0.274. The average Bonchev–Trinajstić information content (AvgIpc) is 2.20. The smallest absolute Gasteiger partial charge is 0.0604 e. The molecule has 92 valence electrons. The van der Waals surface area contributed by atoms with Crippen molar-refractivity contribution in [2.75, 3.05) is 11.0 Å². The summed E-state index contributed by atoms with van der Waals surface area (Å²) < 4.78 is 6.58. The molecule has 0 aliphatic rings. The Morgan fingerprint density at radius 3 is 2.27 bits per heavy atom. The minimum Gasteiger partial charge on any atom is -0.820 e. The molecule has 0 saturated carbocycles. The molecule has 0 saturated heterocycles. The van der Waals surface area contributed by atoms with E-state index in [2.05, 4.69) is 72.3 Å². The van der Waals surface area contributed by atoms with Crippen molar-refractivity contribution >= 4 is 76.4 Å². The fraction of sp³-hybridized carbons (Fsp3) is 1.00. The first kappa shape index (κ1) is 17.5. The van der Waals surface area contributed by atoms with E-state index >= 15 is 0 Å². The fourth-order valence-corrected chi connectivity index (χ4v) is 3.32. The Hall–Kier alpha value is 2.50. The van der Waals surface area contributed by atoms with Gasteiger partial charge in [-0.05, 0) is 17.3 Å². The lowest BCUT2D eigenvalue weighted by Gasteiger charge is -2.31. The zero-order valence-corrected chi connectivity index (χ0v) is 15.6. The third-order valence-corrected chi connectivity index (χ3v) is 7.06. The Bertz CT molecular complexity index is 151. The van der Waals surface area contributed by atoms with Crippen LogP contribution in [0.2, 0.25) is 0 Å². The predicted molar refractivity (Wildman–Crippen MR) is 85.8 cm³/mol. The van der Waals surface area contributed by atoms with Gasteiger partial charge in [0.15, 0.2) is 0 Å². The number of halogens is 3. The summed E-state index contributed by atoms with van der Waals surface area (Å²) in [7, 11) is -2.69. The third-order valence-electron chi connectivity index (χ3n) is 1.85. The first-order valence-corrected chi connectivity index (χ1v) is 9.80. The van der Waals surface area contributed by atoms with Gasteiger partial charge in [0, 0.05) is 7.85 Å². The number of rotatable bonds is 9. The zero-order valence-electron chi connectivity index (χ0n) is 8.20. The van der Waals surface area contributed by atoms with Crippen LogP contribution < -0.4 is 9.79 Å². The maximum absolute atomic E-state index is 10.2. The molecule has 2 unspecified atom stereocenters. The summed E-state index contributed by atoms with van der Waals surface area (Å²) >= 11 is 7.03. The SMILES string of the molecule is [O-]P([O-])OCC(I)C(I)CCCCCI. The third kappa shape index (κ3) is 11.3. The molecule has 0 rings (SSSR count). The van der Waals surface area contributed by atoms with Gasteiger partial charge in [-0.1, -0.05) is 80.6 Å². The second-order valence-corrected chi connectivity index (χ2v) is 8.07. The van der Waals surface area contributed by atoms with Crippen molar-refractivity contribution in [3.05, 3.63) is 0 Å². The molecule has 0 spiro atoms. The summed E-state index contributed by atoms with van der Waals surface area (Å²) in [5.74, 6) is 0. The maximum atomic E-state index is 10.2. The van der Waals surface area contributed by atoms with Gasteiger partial charge in [0.1, 0.15) is 0 Å². The molecule has 0 heterocycles. The average molecular weight is 570 g/mol. The van der Waals surface area contributed by atoms with Crippen molar-refractivity contribution in [2.45, 2.75) is 33.5 Å². The van der Waals surface area contributed by atoms with E-state index < -0.39 is 8.60 Å². The molecule has 0 aromatic rings. The molecule has 0 aliphatic carbocycles. The van der Waals surface area contributed by atoms with E-state index in [0.29, 0.717) is 10.5 Å². The fourth-order valence-electron chi connectivity index (χ4n) is 1.03. The van der Waals surface area contributed by atoms with E-state index in [1.54, 1.807) is 0 Å². The van der Waals surface area contributed by atoms with Crippen molar-refractivity contribution in [3.63, 3.8) is 0 Å². The van der Waals surface area contributed by atoms with Crippen molar-refractivity contribution in [1.82, 2.24) is 0 Å². The molecule has 0 amide bonds. The van der Waals surface area contributed by atoms with E-state index in [1.807, 2.05) is 0 Å². The highest BCUT2D eigenvalue weighted by Crippen LogP contribution is 2.25. The molecule has 7 heteroatoms. The molecule has 15 heavy (non-hydrogen) atoms. The molecule has 3 nitrogen and oxygen atoms in total. The van der Waals surface area contributed by atoms with Crippen molar-refractivity contribution in [1.29, 1.82) is 0 Å². The molecule has 0 bridgehead atoms. The topological polar surface area (TPSA) is 55.3 Å². The van der Waals surface area contributed by atoms with E-state index in [9.17, 15) is 9.79 Å². The summed E-state index contributed by atoms with van der Waals surface area (Å²) in [6, 6.07) is 0. The van der Waals surface area contributed by atoms with Crippen LogP contribution in [0, 0.1) is 0 Å². The van der Waals surface area contributed by atoms with Crippen molar-refractivity contribution in [2.24, 2.45) is 0 Å². The van der Waals surface area contributed by atoms with Gasteiger partial charge in [-0.15, -0.1) is 0 Å². The van der Waals surface area contributed by atoms with E-state index in [1.165, 1.54) is 23.7 Å². The van der Waals surface area contributed by atoms with Crippen LogP contribution in [0.3, 0.4) is 0 Å². The van der Waals surface area contributed by atoms with Gasteiger partial charge in [-0.2, -0.15) is 8.60 Å². The second kappa shape index (κ2) is 11.6. The summed E-state index contributed by atoms with van der Waals surface area (Å²) in [6.07, 6.45) is 4.91. The molecule has 0 aromatic heterocycles. The monoisotopic (exact) mass is 570 g/mol. The first-order valence-electron chi connectivity index (χ1n) is 4.69.